The van der Waals surface area contributed by atoms with Crippen LogP contribution in [0.5, 0.6) is 0 Å². The van der Waals surface area contributed by atoms with Crippen LogP contribution in [0.2, 0.25) is 0 Å². The van der Waals surface area contributed by atoms with Gasteiger partial charge in [-0.05, 0) is 238 Å². The van der Waals surface area contributed by atoms with Crippen LogP contribution in [0.15, 0.2) is 211 Å². The van der Waals surface area contributed by atoms with Gasteiger partial charge in [0, 0.05) is 9.75 Å². The molecule has 0 radical (unpaired) electrons. The highest BCUT2D eigenvalue weighted by Crippen LogP contribution is 2.40. The molecule has 1 aromatic heterocycles. The van der Waals surface area contributed by atoms with E-state index in [9.17, 15) is 0 Å². The number of thiophene rings is 1. The minimum absolute atomic E-state index is 0.581. The zero-order valence-electron chi connectivity index (χ0n) is 74.4. The minimum atomic E-state index is 0.581. The number of allylic oxidation sites excluding steroid dienone is 7. The predicted molar refractivity (Wildman–Crippen MR) is 492 cm³/mol. The molecule has 0 saturated carbocycles. The first-order valence-corrected chi connectivity index (χ1v) is 42.9. The number of hydrogen-bond acceptors (Lipinski definition) is 1. The van der Waals surface area contributed by atoms with Crippen molar-refractivity contribution in [3.05, 3.63) is 288 Å². The third kappa shape index (κ3) is 32.5. The fraction of sp³-hybridized carbons (Fsp3) is 0.477. The van der Waals surface area contributed by atoms with Crippen molar-refractivity contribution >= 4 is 39.0 Å². The first-order chi connectivity index (χ1) is 50.7. The van der Waals surface area contributed by atoms with Gasteiger partial charge in [0.1, 0.15) is 0 Å². The van der Waals surface area contributed by atoms with Gasteiger partial charge in [0.15, 0.2) is 0 Å². The Morgan fingerprint density at radius 1 is 0.259 bits per heavy atom. The van der Waals surface area contributed by atoms with Crippen molar-refractivity contribution in [3.8, 4) is 11.1 Å². The highest BCUT2D eigenvalue weighted by Gasteiger charge is 2.20. The van der Waals surface area contributed by atoms with E-state index in [0.29, 0.717) is 76.9 Å². The summed E-state index contributed by atoms with van der Waals surface area (Å²) < 4.78 is 0. The van der Waals surface area contributed by atoms with Crippen molar-refractivity contribution in [2.75, 3.05) is 0 Å². The van der Waals surface area contributed by atoms with Crippen molar-refractivity contribution in [1.82, 2.24) is 0 Å². The van der Waals surface area contributed by atoms with Crippen LogP contribution in [0.25, 0.3) is 38.7 Å². The molecule has 0 unspecified atom stereocenters. The first kappa shape index (κ1) is 93.3. The second-order valence-electron chi connectivity index (χ2n) is 36.0. The molecule has 2 aliphatic rings. The summed E-state index contributed by atoms with van der Waals surface area (Å²) in [6, 6.07) is 63.6. The molecule has 11 rings (SSSR count). The standard InChI is InChI=1S/C20H22.C19H22.C14H20.C13H20.C12H18.C11H18.C10H16S.C8H16/c1-13(2)15-5-7-17-11-18-8-6-16(14(3)4)10-20(18)12-19(17)9-15;1-12(2)14-5-7-18-16(9-14)11-17-10-15(13(3)4)6-8-19(17)18;1-11(2)5-6-13-7-9-14(10-8-13)12(3)4;1-10(2)9-12-5-7-13(8-6-12)11(3)4;1-9(2)11-5-7-12(8-6-11)10(3)4;1-8(2)10-5-6-11(7-10)9(3)4;1-7(2)9-5-6-10(11-9)8(3)4;1-7(2)5-6-8(3)4/h5-14H,1-4H3;5-10,12-13H,11H2,1-4H3;5-12H,1-4H3;5-8,10-11H,9H2,1-4H3;5-10H,1-4H3;5-6,8-9H,7H2,1-4H3;5-8H,1-4H3;5-8H,1-4H3/b;;6-5+;;;;;6-5+. The fourth-order valence-electron chi connectivity index (χ4n) is 12.6. The third-order valence-corrected chi connectivity index (χ3v) is 22.0. The molecule has 0 atom stereocenters. The summed E-state index contributed by atoms with van der Waals surface area (Å²) in [4.78, 5) is 3.02. The Balaban J connectivity index is 0.000000265. The van der Waals surface area contributed by atoms with E-state index in [1.54, 1.807) is 11.1 Å². The van der Waals surface area contributed by atoms with Crippen molar-refractivity contribution in [2.45, 2.75) is 300 Å². The van der Waals surface area contributed by atoms with Crippen molar-refractivity contribution in [1.29, 1.82) is 0 Å². The van der Waals surface area contributed by atoms with Crippen LogP contribution in [-0.4, -0.2) is 0 Å². The lowest BCUT2D eigenvalue weighted by Crippen LogP contribution is -1.95. The molecule has 8 aromatic carbocycles. The van der Waals surface area contributed by atoms with E-state index in [4.69, 9.17) is 0 Å². The SMILES string of the molecule is CC(C)/C=C/C(C)C.CC(C)/C=C/c1ccc(C(C)C)cc1.CC(C)C1=CC=C(C(C)C)C1.CC(C)Cc1ccc(C(C)C)cc1.CC(C)c1ccc(C(C)C)cc1.CC(C)c1ccc(C(C)C)s1.CC(C)c1ccc2c(c1)Cc1cc(C(C)C)ccc1-2.CC(C)c1ccc2cc3ccc(C(C)C)cc3cc2c1. The van der Waals surface area contributed by atoms with Crippen LogP contribution in [0.4, 0.5) is 0 Å². The monoisotopic (exact) mass is 1470 g/mol. The minimum Gasteiger partial charge on any atom is -0.145 e. The van der Waals surface area contributed by atoms with Crippen molar-refractivity contribution in [2.24, 2.45) is 35.5 Å². The Kier molecular flexibility index (Phi) is 40.2. The number of rotatable bonds is 18. The van der Waals surface area contributed by atoms with Crippen LogP contribution >= 0.6 is 11.3 Å². The topological polar surface area (TPSA) is 0 Å². The number of benzene rings is 8. The van der Waals surface area contributed by atoms with Crippen LogP contribution in [-0.2, 0) is 12.8 Å². The van der Waals surface area contributed by atoms with Crippen molar-refractivity contribution in [3.63, 3.8) is 0 Å². The average molecular weight is 1470 g/mol. The lowest BCUT2D eigenvalue weighted by Gasteiger charge is -2.10. The Morgan fingerprint density at radius 3 is 0.843 bits per heavy atom. The molecule has 9 aromatic rings. The number of hydrogen-bond donors (Lipinski definition) is 0. The lowest BCUT2D eigenvalue weighted by atomic mass is 9.95. The van der Waals surface area contributed by atoms with E-state index >= 15 is 0 Å². The van der Waals surface area contributed by atoms with Crippen LogP contribution in [0.1, 0.15) is 364 Å². The van der Waals surface area contributed by atoms with Gasteiger partial charge in [-0.1, -0.05) is 415 Å². The second kappa shape index (κ2) is 46.6. The molecule has 0 nitrogen and oxygen atoms in total. The van der Waals surface area contributed by atoms with E-state index in [1.807, 2.05) is 11.3 Å². The Bertz CT molecular complexity index is 3960. The van der Waals surface area contributed by atoms with E-state index in [-0.39, 0.29) is 0 Å². The highest BCUT2D eigenvalue weighted by atomic mass is 32.1. The Labute approximate surface area is 669 Å². The normalized spacial score (nSPS) is 12.5. The highest BCUT2D eigenvalue weighted by molar-refractivity contribution is 7.12. The van der Waals surface area contributed by atoms with E-state index < -0.39 is 0 Å². The van der Waals surface area contributed by atoms with Crippen LogP contribution in [0, 0.1) is 35.5 Å². The molecule has 0 N–H and O–H groups in total. The molecule has 0 amide bonds. The maximum absolute atomic E-state index is 2.40. The van der Waals surface area contributed by atoms with Crippen LogP contribution < -0.4 is 0 Å². The molecule has 0 aliphatic heterocycles. The van der Waals surface area contributed by atoms with Gasteiger partial charge in [-0.15, -0.1) is 11.3 Å². The van der Waals surface area contributed by atoms with Crippen molar-refractivity contribution < 1.29 is 0 Å². The van der Waals surface area contributed by atoms with E-state index in [0.717, 1.165) is 24.2 Å². The van der Waals surface area contributed by atoms with Gasteiger partial charge in [0.2, 0.25) is 0 Å². The fourth-order valence-corrected chi connectivity index (χ4v) is 13.6. The molecular weight excluding hydrogens is 1320 g/mol. The summed E-state index contributed by atoms with van der Waals surface area (Å²) in [7, 11) is 0. The molecule has 0 bridgehead atoms. The Morgan fingerprint density at radius 2 is 0.556 bits per heavy atom. The predicted octanol–water partition coefficient (Wildman–Crippen LogP) is 34.6. The van der Waals surface area contributed by atoms with E-state index in [2.05, 4.69) is 428 Å². The maximum Gasteiger partial charge on any atom is 0.00737 e. The molecular formula is C107H152S. The van der Waals surface area contributed by atoms with Gasteiger partial charge in [0.25, 0.3) is 0 Å². The summed E-state index contributed by atoms with van der Waals surface area (Å²) in [5.74, 6) is 10.6. The lowest BCUT2D eigenvalue weighted by molar-refractivity contribution is 0.647. The van der Waals surface area contributed by atoms with Gasteiger partial charge < -0.3 is 0 Å². The van der Waals surface area contributed by atoms with Crippen LogP contribution in [0.3, 0.4) is 0 Å². The van der Waals surface area contributed by atoms with Gasteiger partial charge in [-0.3, -0.25) is 0 Å². The average Bonchev–Trinajstić information content (AvgIpc) is 1.67. The summed E-state index contributed by atoms with van der Waals surface area (Å²) in [5, 5.41) is 5.37. The first-order valence-electron chi connectivity index (χ1n) is 42.1. The van der Waals surface area contributed by atoms with Gasteiger partial charge >= 0.3 is 0 Å². The zero-order chi connectivity index (χ0) is 80.8. The second-order valence-corrected chi connectivity index (χ2v) is 37.1. The van der Waals surface area contributed by atoms with Gasteiger partial charge in [0.05, 0.1) is 0 Å². The molecule has 108 heavy (non-hydrogen) atoms. The number of fused-ring (bicyclic) bond motifs is 5. The third-order valence-electron chi connectivity index (χ3n) is 20.3. The summed E-state index contributed by atoms with van der Waals surface area (Å²) in [5.41, 5.74) is 23.3. The zero-order valence-corrected chi connectivity index (χ0v) is 75.2. The largest absolute Gasteiger partial charge is 0.145 e. The summed E-state index contributed by atoms with van der Waals surface area (Å²) in [6.45, 7) is 71.6. The Hall–Kier alpha value is -7.06. The maximum atomic E-state index is 2.40. The quantitative estimate of drug-likeness (QED) is 0.0593. The molecule has 2 aliphatic carbocycles. The molecule has 0 saturated heterocycles. The van der Waals surface area contributed by atoms with Gasteiger partial charge in [-0.25, -0.2) is 0 Å². The molecule has 1 heterocycles. The summed E-state index contributed by atoms with van der Waals surface area (Å²) in [6.07, 6.45) is 17.0. The van der Waals surface area contributed by atoms with Gasteiger partial charge in [-0.2, -0.15) is 0 Å². The van der Waals surface area contributed by atoms with E-state index in [1.165, 1.54) is 122 Å². The molecule has 0 fully saturated rings. The molecule has 1 heteroatoms. The molecule has 586 valence electrons. The molecule has 0 spiro atoms. The summed E-state index contributed by atoms with van der Waals surface area (Å²) >= 11 is 1.95. The smallest absolute Gasteiger partial charge is 0.00737 e.